The number of hydrogen-bond donors (Lipinski definition) is 1. The van der Waals surface area contributed by atoms with Crippen molar-refractivity contribution < 1.29 is 0 Å². The van der Waals surface area contributed by atoms with Crippen LogP contribution in [0.25, 0.3) is 0 Å². The van der Waals surface area contributed by atoms with Crippen LogP contribution in [-0.2, 0) is 0 Å². The molecule has 2 atom stereocenters. The second-order valence-corrected chi connectivity index (χ2v) is 6.01. The lowest BCUT2D eigenvalue weighted by Gasteiger charge is -2.28. The van der Waals surface area contributed by atoms with E-state index in [1.807, 2.05) is 0 Å². The molecule has 2 unspecified atom stereocenters. The fourth-order valence-electron chi connectivity index (χ4n) is 3.70. The molecule has 1 N–H and O–H groups in total. The molecule has 1 aromatic heterocycles. The quantitative estimate of drug-likeness (QED) is 0.886. The molecular formula is C15H25N3. The third-order valence-electron chi connectivity index (χ3n) is 4.88. The highest BCUT2D eigenvalue weighted by Gasteiger charge is 2.26. The summed E-state index contributed by atoms with van der Waals surface area (Å²) in [5.41, 5.74) is 1.41. The van der Waals surface area contributed by atoms with E-state index in [2.05, 4.69) is 34.3 Å². The van der Waals surface area contributed by atoms with Crippen molar-refractivity contribution in [2.45, 2.75) is 64.0 Å². The van der Waals surface area contributed by atoms with Gasteiger partial charge in [0.05, 0.1) is 12.0 Å². The lowest BCUT2D eigenvalue weighted by molar-refractivity contribution is 0.327. The Morgan fingerprint density at radius 3 is 2.72 bits per heavy atom. The molecule has 3 rings (SSSR count). The van der Waals surface area contributed by atoms with Gasteiger partial charge in [0.15, 0.2) is 0 Å². The molecule has 2 aliphatic rings. The van der Waals surface area contributed by atoms with Gasteiger partial charge in [0.1, 0.15) is 0 Å². The molecule has 3 nitrogen and oxygen atoms in total. The minimum absolute atomic E-state index is 0.533. The van der Waals surface area contributed by atoms with Gasteiger partial charge in [0.2, 0.25) is 0 Å². The van der Waals surface area contributed by atoms with Crippen LogP contribution < -0.4 is 5.32 Å². The number of nitrogens with zero attached hydrogens (tertiary/aromatic N) is 2. The molecule has 2 fully saturated rings. The summed E-state index contributed by atoms with van der Waals surface area (Å²) in [5, 5.41) is 3.65. The van der Waals surface area contributed by atoms with Crippen LogP contribution >= 0.6 is 0 Å². The van der Waals surface area contributed by atoms with Gasteiger partial charge in [0.25, 0.3) is 0 Å². The Kier molecular flexibility index (Phi) is 3.69. The summed E-state index contributed by atoms with van der Waals surface area (Å²) < 4.78 is 2.44. The van der Waals surface area contributed by atoms with Gasteiger partial charge in [-0.3, -0.25) is 0 Å². The summed E-state index contributed by atoms with van der Waals surface area (Å²) in [6.07, 6.45) is 13.7. The second-order valence-electron chi connectivity index (χ2n) is 6.01. The summed E-state index contributed by atoms with van der Waals surface area (Å²) in [7, 11) is 0. The standard InChI is InChI=1S/C15H25N3/c1-12(13-6-2-3-7-13)18-11-16-10-15(18)14-8-4-5-9-17-14/h10-14,17H,2-9H2,1H3. The Bertz CT molecular complexity index is 373. The number of piperidine rings is 1. The van der Waals surface area contributed by atoms with E-state index in [1.165, 1.54) is 50.6 Å². The molecule has 0 radical (unpaired) electrons. The molecular weight excluding hydrogens is 222 g/mol. The zero-order valence-electron chi connectivity index (χ0n) is 11.4. The highest BCUT2D eigenvalue weighted by molar-refractivity contribution is 5.08. The van der Waals surface area contributed by atoms with E-state index in [1.54, 1.807) is 0 Å². The lowest BCUT2D eigenvalue weighted by Crippen LogP contribution is -2.29. The third kappa shape index (κ3) is 2.33. The fourth-order valence-corrected chi connectivity index (χ4v) is 3.70. The molecule has 0 spiro atoms. The van der Waals surface area contributed by atoms with Crippen LogP contribution in [0.5, 0.6) is 0 Å². The molecule has 100 valence electrons. The fraction of sp³-hybridized carbons (Fsp3) is 0.800. The van der Waals surface area contributed by atoms with Gasteiger partial charge < -0.3 is 9.88 Å². The molecule has 1 saturated heterocycles. The smallest absolute Gasteiger partial charge is 0.0951 e. The first-order chi connectivity index (χ1) is 8.86. The van der Waals surface area contributed by atoms with Crippen molar-refractivity contribution in [3.05, 3.63) is 18.2 Å². The predicted molar refractivity (Wildman–Crippen MR) is 73.5 cm³/mol. The van der Waals surface area contributed by atoms with Gasteiger partial charge in [0, 0.05) is 18.3 Å². The van der Waals surface area contributed by atoms with Gasteiger partial charge in [-0.25, -0.2) is 4.98 Å². The molecule has 0 bridgehead atoms. The topological polar surface area (TPSA) is 29.9 Å². The average molecular weight is 247 g/mol. The molecule has 3 heteroatoms. The number of imidazole rings is 1. The van der Waals surface area contributed by atoms with Crippen molar-refractivity contribution >= 4 is 0 Å². The van der Waals surface area contributed by atoms with Crippen molar-refractivity contribution in [3.63, 3.8) is 0 Å². The van der Waals surface area contributed by atoms with Crippen molar-refractivity contribution in [1.29, 1.82) is 0 Å². The number of aromatic nitrogens is 2. The minimum Gasteiger partial charge on any atom is -0.330 e. The maximum atomic E-state index is 4.41. The SMILES string of the molecule is CC(C1CCCC1)n1cncc1C1CCCCN1. The summed E-state index contributed by atoms with van der Waals surface area (Å²) in [4.78, 5) is 4.41. The summed E-state index contributed by atoms with van der Waals surface area (Å²) in [5.74, 6) is 0.863. The monoisotopic (exact) mass is 247 g/mol. The van der Waals surface area contributed by atoms with Crippen LogP contribution in [0.2, 0.25) is 0 Å². The normalized spacial score (nSPS) is 27.5. The summed E-state index contributed by atoms with van der Waals surface area (Å²) in [6, 6.07) is 1.15. The highest BCUT2D eigenvalue weighted by atomic mass is 15.1. The Morgan fingerprint density at radius 2 is 2.00 bits per heavy atom. The number of rotatable bonds is 3. The van der Waals surface area contributed by atoms with Crippen molar-refractivity contribution in [2.75, 3.05) is 6.54 Å². The van der Waals surface area contributed by atoms with Crippen LogP contribution in [0.15, 0.2) is 12.5 Å². The first kappa shape index (κ1) is 12.2. The molecule has 0 amide bonds. The Balaban J connectivity index is 1.77. The van der Waals surface area contributed by atoms with E-state index in [9.17, 15) is 0 Å². The van der Waals surface area contributed by atoms with Crippen molar-refractivity contribution in [3.8, 4) is 0 Å². The van der Waals surface area contributed by atoms with E-state index < -0.39 is 0 Å². The van der Waals surface area contributed by atoms with Crippen LogP contribution in [-0.4, -0.2) is 16.1 Å². The van der Waals surface area contributed by atoms with Gasteiger partial charge >= 0.3 is 0 Å². The lowest BCUT2D eigenvalue weighted by atomic mass is 9.97. The van der Waals surface area contributed by atoms with E-state index in [-0.39, 0.29) is 0 Å². The Hall–Kier alpha value is -0.830. The van der Waals surface area contributed by atoms with Gasteiger partial charge in [-0.15, -0.1) is 0 Å². The van der Waals surface area contributed by atoms with E-state index in [4.69, 9.17) is 0 Å². The zero-order chi connectivity index (χ0) is 12.4. The molecule has 1 aliphatic heterocycles. The number of hydrogen-bond acceptors (Lipinski definition) is 2. The Morgan fingerprint density at radius 1 is 1.22 bits per heavy atom. The maximum Gasteiger partial charge on any atom is 0.0951 e. The van der Waals surface area contributed by atoms with E-state index >= 15 is 0 Å². The van der Waals surface area contributed by atoms with Crippen molar-refractivity contribution in [2.24, 2.45) is 5.92 Å². The Labute approximate surface area is 110 Å². The second kappa shape index (κ2) is 5.43. The van der Waals surface area contributed by atoms with Gasteiger partial charge in [-0.2, -0.15) is 0 Å². The van der Waals surface area contributed by atoms with Gasteiger partial charge in [-0.05, 0) is 45.1 Å². The number of nitrogens with one attached hydrogen (secondary N) is 1. The highest BCUT2D eigenvalue weighted by Crippen LogP contribution is 2.36. The molecule has 1 aliphatic carbocycles. The van der Waals surface area contributed by atoms with Crippen molar-refractivity contribution in [1.82, 2.24) is 14.9 Å². The van der Waals surface area contributed by atoms with Crippen LogP contribution in [0.3, 0.4) is 0 Å². The van der Waals surface area contributed by atoms with E-state index in [0.717, 1.165) is 12.5 Å². The summed E-state index contributed by atoms with van der Waals surface area (Å²) in [6.45, 7) is 3.54. The minimum atomic E-state index is 0.533. The first-order valence-electron chi connectivity index (χ1n) is 7.61. The molecule has 1 saturated carbocycles. The largest absolute Gasteiger partial charge is 0.330 e. The molecule has 0 aromatic carbocycles. The predicted octanol–water partition coefficient (Wildman–Crippen LogP) is 3.45. The molecule has 18 heavy (non-hydrogen) atoms. The van der Waals surface area contributed by atoms with Crippen LogP contribution in [0.4, 0.5) is 0 Å². The van der Waals surface area contributed by atoms with E-state index in [0.29, 0.717) is 12.1 Å². The first-order valence-corrected chi connectivity index (χ1v) is 7.61. The summed E-state index contributed by atoms with van der Waals surface area (Å²) >= 11 is 0. The van der Waals surface area contributed by atoms with Gasteiger partial charge in [-0.1, -0.05) is 19.3 Å². The third-order valence-corrected chi connectivity index (χ3v) is 4.88. The molecule has 1 aromatic rings. The average Bonchev–Trinajstić information content (AvgIpc) is 3.10. The maximum absolute atomic E-state index is 4.41. The van der Waals surface area contributed by atoms with Crippen LogP contribution in [0.1, 0.15) is 69.6 Å². The zero-order valence-corrected chi connectivity index (χ0v) is 11.4. The van der Waals surface area contributed by atoms with Crippen LogP contribution in [0, 0.1) is 5.92 Å². The molecule has 2 heterocycles.